The van der Waals surface area contributed by atoms with Gasteiger partial charge in [0, 0.05) is 31.0 Å². The van der Waals surface area contributed by atoms with E-state index in [9.17, 15) is 34.5 Å². The van der Waals surface area contributed by atoms with Gasteiger partial charge in [0.2, 0.25) is 11.8 Å². The molecule has 2 aliphatic rings. The molecule has 2 heterocycles. The second-order valence-electron chi connectivity index (χ2n) is 7.55. The van der Waals surface area contributed by atoms with E-state index in [1.165, 1.54) is 13.8 Å². The molecule has 1 fully saturated rings. The smallest absolute Gasteiger partial charge is 0.342 e. The molecule has 0 bridgehead atoms. The summed E-state index contributed by atoms with van der Waals surface area (Å²) in [5.41, 5.74) is 0.415. The Morgan fingerprint density at radius 2 is 1.82 bits per heavy atom. The first-order valence-corrected chi connectivity index (χ1v) is 10.5. The van der Waals surface area contributed by atoms with Gasteiger partial charge in [0.15, 0.2) is 6.29 Å². The van der Waals surface area contributed by atoms with Gasteiger partial charge in [-0.2, -0.15) is 0 Å². The van der Waals surface area contributed by atoms with Crippen LogP contribution in [-0.4, -0.2) is 103 Å². The molecule has 2 rings (SSSR count). The first kappa shape index (κ1) is 26.8. The standard InChI is InChI=1S/C20H30N2O11/c1-10-12(19(29)33-18(10)28)3-4-14(25)21-5-6-30-7-8-31-20-15(22-11(2)24)17(27)16(26)13(9-23)32-20/h13,15-17,20,23,26-27H,3-9H2,1-2H3,(H,21,25)(H,22,24). The van der Waals surface area contributed by atoms with E-state index >= 15 is 0 Å². The summed E-state index contributed by atoms with van der Waals surface area (Å²) in [6, 6.07) is -1.04. The molecule has 0 radical (unpaired) electrons. The molecule has 5 unspecified atom stereocenters. The first-order valence-electron chi connectivity index (χ1n) is 10.5. The third-order valence-corrected chi connectivity index (χ3v) is 5.12. The van der Waals surface area contributed by atoms with Crippen LogP contribution in [0.1, 0.15) is 26.7 Å². The molecule has 0 aromatic heterocycles. The molecular formula is C20H30N2O11. The van der Waals surface area contributed by atoms with Crippen molar-refractivity contribution in [1.82, 2.24) is 10.6 Å². The molecule has 5 atom stereocenters. The lowest BCUT2D eigenvalue weighted by atomic mass is 9.97. The number of carbonyl (C=O) groups is 4. The van der Waals surface area contributed by atoms with Crippen LogP contribution in [0.4, 0.5) is 0 Å². The van der Waals surface area contributed by atoms with Crippen molar-refractivity contribution >= 4 is 23.8 Å². The minimum Gasteiger partial charge on any atom is -0.394 e. The average Bonchev–Trinajstić information content (AvgIpc) is 3.01. The molecule has 2 amide bonds. The van der Waals surface area contributed by atoms with Crippen LogP contribution in [0.3, 0.4) is 0 Å². The Kier molecular flexibility index (Phi) is 10.3. The van der Waals surface area contributed by atoms with Crippen LogP contribution >= 0.6 is 0 Å². The maximum atomic E-state index is 11.9. The Morgan fingerprint density at radius 3 is 2.42 bits per heavy atom. The van der Waals surface area contributed by atoms with Crippen molar-refractivity contribution in [3.63, 3.8) is 0 Å². The predicted molar refractivity (Wildman–Crippen MR) is 108 cm³/mol. The zero-order chi connectivity index (χ0) is 24.5. The molecule has 13 nitrogen and oxygen atoms in total. The summed E-state index contributed by atoms with van der Waals surface area (Å²) in [6.07, 6.45) is -4.86. The summed E-state index contributed by atoms with van der Waals surface area (Å²) < 4.78 is 20.7. The minimum atomic E-state index is -1.40. The summed E-state index contributed by atoms with van der Waals surface area (Å²) in [5, 5.41) is 34.5. The molecule has 186 valence electrons. The van der Waals surface area contributed by atoms with Crippen LogP contribution in [0.25, 0.3) is 0 Å². The second-order valence-corrected chi connectivity index (χ2v) is 7.55. The Morgan fingerprint density at radius 1 is 1.09 bits per heavy atom. The molecule has 13 heteroatoms. The SMILES string of the molecule is CC(=O)NC1C(OCCOCCNC(=O)CCC2=C(C)C(=O)OC2=O)OC(CO)C(O)C1O. The van der Waals surface area contributed by atoms with Crippen LogP contribution in [0.5, 0.6) is 0 Å². The fourth-order valence-electron chi connectivity index (χ4n) is 3.32. The summed E-state index contributed by atoms with van der Waals surface area (Å²) in [6.45, 7) is 2.65. The lowest BCUT2D eigenvalue weighted by Crippen LogP contribution is -2.64. The van der Waals surface area contributed by atoms with Crippen molar-refractivity contribution in [3.8, 4) is 0 Å². The molecule has 0 saturated carbocycles. The van der Waals surface area contributed by atoms with Gasteiger partial charge in [-0.3, -0.25) is 9.59 Å². The maximum absolute atomic E-state index is 11.9. The van der Waals surface area contributed by atoms with Gasteiger partial charge >= 0.3 is 11.9 Å². The van der Waals surface area contributed by atoms with Crippen LogP contribution < -0.4 is 10.6 Å². The van der Waals surface area contributed by atoms with Gasteiger partial charge in [-0.25, -0.2) is 9.59 Å². The number of ether oxygens (including phenoxy) is 4. The topological polar surface area (TPSA) is 190 Å². The number of nitrogens with one attached hydrogen (secondary N) is 2. The summed E-state index contributed by atoms with van der Waals surface area (Å²) in [5.74, 6) is -2.19. The van der Waals surface area contributed by atoms with Gasteiger partial charge in [0.1, 0.15) is 24.4 Å². The van der Waals surface area contributed by atoms with Crippen LogP contribution in [0.15, 0.2) is 11.1 Å². The largest absolute Gasteiger partial charge is 0.394 e. The highest BCUT2D eigenvalue weighted by molar-refractivity contribution is 6.12. The number of amides is 2. The Balaban J connectivity index is 1.64. The number of esters is 2. The zero-order valence-corrected chi connectivity index (χ0v) is 18.4. The van der Waals surface area contributed by atoms with E-state index in [4.69, 9.17) is 14.2 Å². The third kappa shape index (κ3) is 7.55. The lowest BCUT2D eigenvalue weighted by Gasteiger charge is -2.42. The fourth-order valence-corrected chi connectivity index (χ4v) is 3.32. The highest BCUT2D eigenvalue weighted by Crippen LogP contribution is 2.22. The van der Waals surface area contributed by atoms with Crippen LogP contribution in [-0.2, 0) is 38.1 Å². The summed E-state index contributed by atoms with van der Waals surface area (Å²) in [4.78, 5) is 46.0. The molecule has 2 aliphatic heterocycles. The predicted octanol–water partition coefficient (Wildman–Crippen LogP) is -2.74. The van der Waals surface area contributed by atoms with E-state index in [2.05, 4.69) is 15.4 Å². The number of rotatable bonds is 12. The van der Waals surface area contributed by atoms with E-state index in [0.717, 1.165) is 0 Å². The van der Waals surface area contributed by atoms with Gasteiger partial charge in [0.25, 0.3) is 0 Å². The quantitative estimate of drug-likeness (QED) is 0.112. The Bertz CT molecular complexity index is 769. The number of cyclic esters (lactones) is 2. The van der Waals surface area contributed by atoms with Crippen molar-refractivity contribution in [1.29, 1.82) is 0 Å². The molecule has 0 spiro atoms. The zero-order valence-electron chi connectivity index (χ0n) is 18.4. The first-order chi connectivity index (χ1) is 15.6. The van der Waals surface area contributed by atoms with Crippen LogP contribution in [0, 0.1) is 0 Å². The molecule has 0 aliphatic carbocycles. The summed E-state index contributed by atoms with van der Waals surface area (Å²) >= 11 is 0. The van der Waals surface area contributed by atoms with Crippen molar-refractivity contribution in [2.75, 3.05) is 33.0 Å². The van der Waals surface area contributed by atoms with Crippen molar-refractivity contribution in [2.24, 2.45) is 0 Å². The maximum Gasteiger partial charge on any atom is 0.342 e. The fraction of sp³-hybridized carbons (Fsp3) is 0.700. The third-order valence-electron chi connectivity index (χ3n) is 5.12. The molecular weight excluding hydrogens is 444 g/mol. The molecule has 5 N–H and O–H groups in total. The molecule has 0 aromatic rings. The Labute approximate surface area is 190 Å². The average molecular weight is 474 g/mol. The minimum absolute atomic E-state index is 0.0131. The number of aliphatic hydroxyl groups excluding tert-OH is 3. The monoisotopic (exact) mass is 474 g/mol. The molecule has 1 saturated heterocycles. The van der Waals surface area contributed by atoms with Gasteiger partial charge in [-0.15, -0.1) is 0 Å². The van der Waals surface area contributed by atoms with Crippen LogP contribution in [0.2, 0.25) is 0 Å². The molecule has 33 heavy (non-hydrogen) atoms. The van der Waals surface area contributed by atoms with Gasteiger partial charge in [-0.05, 0) is 13.3 Å². The highest BCUT2D eigenvalue weighted by Gasteiger charge is 2.45. The normalized spacial score (nSPS) is 27.5. The second kappa shape index (κ2) is 12.7. The van der Waals surface area contributed by atoms with Crippen molar-refractivity contribution < 1.29 is 53.4 Å². The van der Waals surface area contributed by atoms with Gasteiger partial charge in [-0.1, -0.05) is 0 Å². The van der Waals surface area contributed by atoms with E-state index < -0.39 is 55.1 Å². The number of aliphatic hydroxyl groups is 3. The number of hydrogen-bond acceptors (Lipinski definition) is 11. The summed E-state index contributed by atoms with van der Waals surface area (Å²) in [7, 11) is 0. The Hall–Kier alpha value is -2.42. The van der Waals surface area contributed by atoms with Gasteiger partial charge < -0.3 is 44.9 Å². The van der Waals surface area contributed by atoms with E-state index in [1.807, 2.05) is 0 Å². The van der Waals surface area contributed by atoms with Crippen molar-refractivity contribution in [2.45, 2.75) is 57.3 Å². The van der Waals surface area contributed by atoms with Gasteiger partial charge in [0.05, 0.1) is 26.4 Å². The number of hydrogen-bond donors (Lipinski definition) is 5. The van der Waals surface area contributed by atoms with E-state index in [0.29, 0.717) is 0 Å². The van der Waals surface area contributed by atoms with E-state index in [-0.39, 0.29) is 56.3 Å². The van der Waals surface area contributed by atoms with Crippen molar-refractivity contribution in [3.05, 3.63) is 11.1 Å². The lowest BCUT2D eigenvalue weighted by molar-refractivity contribution is -0.272. The molecule has 0 aromatic carbocycles. The van der Waals surface area contributed by atoms with E-state index in [1.54, 1.807) is 0 Å². The number of carbonyl (C=O) groups excluding carboxylic acids is 4. The highest BCUT2D eigenvalue weighted by atomic mass is 16.7.